The molecule has 4 heterocycles. The van der Waals surface area contributed by atoms with E-state index >= 15 is 0 Å². The van der Waals surface area contributed by atoms with E-state index in [1.165, 1.54) is 0 Å². The molecule has 1 aliphatic heterocycles. The first-order valence-electron chi connectivity index (χ1n) is 11.1. The van der Waals surface area contributed by atoms with Crippen LogP contribution in [-0.2, 0) is 17.0 Å². The number of thioether (sulfide) groups is 1. The summed E-state index contributed by atoms with van der Waals surface area (Å²) in [5, 5.41) is 14.4. The Hall–Kier alpha value is -2.94. The average Bonchev–Trinajstić information content (AvgIpc) is 3.66. The maximum atomic E-state index is 5.95. The number of hydrogen-bond donors (Lipinski definition) is 1. The number of ether oxygens (including phenoxy) is 1. The van der Waals surface area contributed by atoms with E-state index in [4.69, 9.17) is 9.72 Å². The van der Waals surface area contributed by atoms with Gasteiger partial charge < -0.3 is 9.72 Å². The second-order valence-electron chi connectivity index (χ2n) is 8.10. The number of fused-ring (bicyclic) bond motifs is 1. The maximum absolute atomic E-state index is 5.95. The SMILES string of the molecule is c1ccc(-c2nc(CSc3nnc(-c4c[nH]c5ccccc45)n3C[C@H]3CCCO3)cs2)cc1. The molecular weight excluding hydrogens is 450 g/mol. The molecule has 33 heavy (non-hydrogen) atoms. The van der Waals surface area contributed by atoms with E-state index in [0.29, 0.717) is 0 Å². The average molecular weight is 474 g/mol. The number of thiazole rings is 1. The van der Waals surface area contributed by atoms with E-state index < -0.39 is 0 Å². The Balaban J connectivity index is 1.29. The lowest BCUT2D eigenvalue weighted by Crippen LogP contribution is -2.16. The smallest absolute Gasteiger partial charge is 0.191 e. The number of nitrogens with zero attached hydrogens (tertiary/aromatic N) is 4. The molecule has 1 saturated heterocycles. The molecule has 0 saturated carbocycles. The van der Waals surface area contributed by atoms with Crippen molar-refractivity contribution in [1.29, 1.82) is 0 Å². The van der Waals surface area contributed by atoms with Gasteiger partial charge in [-0.15, -0.1) is 21.5 Å². The Morgan fingerprint density at radius 1 is 1.09 bits per heavy atom. The fraction of sp³-hybridized carbons (Fsp3) is 0.240. The fourth-order valence-electron chi connectivity index (χ4n) is 4.23. The van der Waals surface area contributed by atoms with Crippen molar-refractivity contribution in [2.24, 2.45) is 0 Å². The molecule has 0 aliphatic carbocycles. The summed E-state index contributed by atoms with van der Waals surface area (Å²) in [4.78, 5) is 8.20. The van der Waals surface area contributed by atoms with Crippen LogP contribution in [0.4, 0.5) is 0 Å². The van der Waals surface area contributed by atoms with E-state index in [-0.39, 0.29) is 6.10 Å². The molecule has 8 heteroatoms. The van der Waals surface area contributed by atoms with Crippen LogP contribution in [0.5, 0.6) is 0 Å². The summed E-state index contributed by atoms with van der Waals surface area (Å²) in [6.45, 7) is 1.59. The summed E-state index contributed by atoms with van der Waals surface area (Å²) >= 11 is 3.36. The zero-order valence-electron chi connectivity index (χ0n) is 18.0. The summed E-state index contributed by atoms with van der Waals surface area (Å²) in [5.74, 6) is 1.63. The van der Waals surface area contributed by atoms with Gasteiger partial charge in [-0.05, 0) is 18.9 Å². The van der Waals surface area contributed by atoms with Crippen molar-refractivity contribution in [3.8, 4) is 22.0 Å². The lowest BCUT2D eigenvalue weighted by Gasteiger charge is -2.14. The summed E-state index contributed by atoms with van der Waals surface area (Å²) in [7, 11) is 0. The topological polar surface area (TPSA) is 68.6 Å². The highest BCUT2D eigenvalue weighted by molar-refractivity contribution is 7.98. The highest BCUT2D eigenvalue weighted by atomic mass is 32.2. The standard InChI is InChI=1S/C25H23N5OS2/c1-2-7-17(8-3-1)24-27-18(15-32-24)16-33-25-29-28-23(30(25)14-19-9-6-12-31-19)21-13-26-22-11-5-4-10-20(21)22/h1-5,7-8,10-11,13,15,19,26H,6,9,12,14,16H2/t19-/m1/s1. The Morgan fingerprint density at radius 3 is 2.85 bits per heavy atom. The van der Waals surface area contributed by atoms with Gasteiger partial charge in [0.2, 0.25) is 0 Å². The van der Waals surface area contributed by atoms with E-state index in [2.05, 4.69) is 55.5 Å². The molecule has 1 aliphatic rings. The molecule has 2 aromatic carbocycles. The van der Waals surface area contributed by atoms with Crippen LogP contribution >= 0.6 is 23.1 Å². The number of benzene rings is 2. The highest BCUT2D eigenvalue weighted by Crippen LogP contribution is 2.33. The first-order valence-corrected chi connectivity index (χ1v) is 13.0. The third-order valence-electron chi connectivity index (χ3n) is 5.88. The Morgan fingerprint density at radius 2 is 1.97 bits per heavy atom. The predicted octanol–water partition coefficient (Wildman–Crippen LogP) is 6.02. The van der Waals surface area contributed by atoms with Crippen LogP contribution in [0, 0.1) is 0 Å². The maximum Gasteiger partial charge on any atom is 0.191 e. The van der Waals surface area contributed by atoms with Crippen LogP contribution in [0.15, 0.2) is 71.3 Å². The van der Waals surface area contributed by atoms with E-state index in [0.717, 1.165) is 75.5 Å². The molecule has 0 bridgehead atoms. The molecule has 0 amide bonds. The minimum Gasteiger partial charge on any atom is -0.376 e. The summed E-state index contributed by atoms with van der Waals surface area (Å²) in [5.41, 5.74) is 4.39. The number of aromatic amines is 1. The third kappa shape index (κ3) is 4.21. The van der Waals surface area contributed by atoms with Gasteiger partial charge in [0, 0.05) is 46.0 Å². The molecule has 6 rings (SSSR count). The summed E-state index contributed by atoms with van der Waals surface area (Å²) in [6.07, 6.45) is 4.41. The second-order valence-corrected chi connectivity index (χ2v) is 9.90. The molecule has 1 atom stereocenters. The number of H-pyrrole nitrogens is 1. The molecule has 0 radical (unpaired) electrons. The third-order valence-corrected chi connectivity index (χ3v) is 7.82. The Bertz CT molecular complexity index is 1370. The minimum absolute atomic E-state index is 0.202. The van der Waals surface area contributed by atoms with Crippen molar-refractivity contribution >= 4 is 34.0 Å². The van der Waals surface area contributed by atoms with Crippen LogP contribution in [0.25, 0.3) is 32.9 Å². The molecule has 6 nitrogen and oxygen atoms in total. The predicted molar refractivity (Wildman–Crippen MR) is 133 cm³/mol. The van der Waals surface area contributed by atoms with Gasteiger partial charge in [0.1, 0.15) is 5.01 Å². The molecular formula is C25H23N5OS2. The zero-order chi connectivity index (χ0) is 22.0. The quantitative estimate of drug-likeness (QED) is 0.293. The summed E-state index contributed by atoms with van der Waals surface area (Å²) < 4.78 is 8.18. The van der Waals surface area contributed by atoms with Crippen molar-refractivity contribution in [2.45, 2.75) is 36.4 Å². The Kier molecular flexibility index (Phi) is 5.71. The molecule has 1 fully saturated rings. The van der Waals surface area contributed by atoms with Crippen molar-refractivity contribution in [1.82, 2.24) is 24.7 Å². The van der Waals surface area contributed by atoms with Crippen LogP contribution in [0.2, 0.25) is 0 Å². The van der Waals surface area contributed by atoms with Crippen LogP contribution in [0.3, 0.4) is 0 Å². The summed E-state index contributed by atoms with van der Waals surface area (Å²) in [6, 6.07) is 18.6. The number of nitrogens with one attached hydrogen (secondary N) is 1. The van der Waals surface area contributed by atoms with Crippen molar-refractivity contribution in [3.05, 3.63) is 71.9 Å². The number of aromatic nitrogens is 5. The second kappa shape index (κ2) is 9.13. The number of rotatable bonds is 7. The van der Waals surface area contributed by atoms with Crippen molar-refractivity contribution in [3.63, 3.8) is 0 Å². The van der Waals surface area contributed by atoms with E-state index in [1.807, 2.05) is 30.5 Å². The fourth-order valence-corrected chi connectivity index (χ4v) is 6.00. The molecule has 0 unspecified atom stereocenters. The largest absolute Gasteiger partial charge is 0.376 e. The molecule has 3 aromatic heterocycles. The normalized spacial score (nSPS) is 16.1. The molecule has 0 spiro atoms. The van der Waals surface area contributed by atoms with Gasteiger partial charge in [-0.1, -0.05) is 60.3 Å². The Labute approximate surface area is 200 Å². The van der Waals surface area contributed by atoms with Crippen LogP contribution in [0.1, 0.15) is 18.5 Å². The molecule has 5 aromatic rings. The lowest BCUT2D eigenvalue weighted by atomic mass is 10.1. The van der Waals surface area contributed by atoms with Gasteiger partial charge in [0.25, 0.3) is 0 Å². The van der Waals surface area contributed by atoms with Gasteiger partial charge in [0.15, 0.2) is 11.0 Å². The first-order chi connectivity index (χ1) is 16.3. The van der Waals surface area contributed by atoms with Gasteiger partial charge in [-0.3, -0.25) is 4.57 Å². The van der Waals surface area contributed by atoms with Gasteiger partial charge in [-0.2, -0.15) is 0 Å². The molecule has 166 valence electrons. The molecule has 1 N–H and O–H groups in total. The van der Waals surface area contributed by atoms with E-state index in [1.54, 1.807) is 23.1 Å². The monoisotopic (exact) mass is 473 g/mol. The van der Waals surface area contributed by atoms with Gasteiger partial charge >= 0.3 is 0 Å². The van der Waals surface area contributed by atoms with Crippen molar-refractivity contribution < 1.29 is 4.74 Å². The number of hydrogen-bond acceptors (Lipinski definition) is 6. The van der Waals surface area contributed by atoms with Crippen LogP contribution in [-0.4, -0.2) is 37.4 Å². The van der Waals surface area contributed by atoms with Crippen molar-refractivity contribution in [2.75, 3.05) is 6.61 Å². The van der Waals surface area contributed by atoms with Gasteiger partial charge in [0.05, 0.1) is 18.3 Å². The van der Waals surface area contributed by atoms with Gasteiger partial charge in [-0.25, -0.2) is 4.98 Å². The minimum atomic E-state index is 0.202. The van der Waals surface area contributed by atoms with Crippen LogP contribution < -0.4 is 0 Å². The lowest BCUT2D eigenvalue weighted by molar-refractivity contribution is 0.0953. The highest BCUT2D eigenvalue weighted by Gasteiger charge is 2.23. The van der Waals surface area contributed by atoms with E-state index in [9.17, 15) is 0 Å². The number of para-hydroxylation sites is 1. The zero-order valence-corrected chi connectivity index (χ0v) is 19.6. The first kappa shape index (κ1) is 20.7.